The Balaban J connectivity index is 1.74. The first-order valence-corrected chi connectivity index (χ1v) is 9.44. The summed E-state index contributed by atoms with van der Waals surface area (Å²) in [6.45, 7) is 1.46. The zero-order valence-corrected chi connectivity index (χ0v) is 15.2. The van der Waals surface area contributed by atoms with Crippen LogP contribution in [0.2, 0.25) is 0 Å². The predicted octanol–water partition coefficient (Wildman–Crippen LogP) is 4.07. The largest absolute Gasteiger partial charge is 0.507 e. The van der Waals surface area contributed by atoms with Gasteiger partial charge in [0.15, 0.2) is 0 Å². The number of fused-ring (bicyclic) bond motifs is 2. The van der Waals surface area contributed by atoms with Crippen LogP contribution in [0, 0.1) is 17.1 Å². The Kier molecular flexibility index (Phi) is 3.74. The highest BCUT2D eigenvalue weighted by molar-refractivity contribution is 6.05. The Morgan fingerprint density at radius 1 is 1.18 bits per heavy atom. The number of nitriles is 1. The van der Waals surface area contributed by atoms with Gasteiger partial charge >= 0.3 is 0 Å². The van der Waals surface area contributed by atoms with E-state index in [1.54, 1.807) is 6.07 Å². The molecule has 2 heterocycles. The fourth-order valence-corrected chi connectivity index (χ4v) is 4.29. The number of phenols is 1. The molecule has 0 unspecified atom stereocenters. The van der Waals surface area contributed by atoms with Crippen LogP contribution in [0.4, 0.5) is 10.1 Å². The molecule has 140 valence electrons. The van der Waals surface area contributed by atoms with E-state index in [1.807, 2.05) is 0 Å². The van der Waals surface area contributed by atoms with Crippen molar-refractivity contribution in [3.63, 3.8) is 0 Å². The van der Waals surface area contributed by atoms with Gasteiger partial charge in [-0.25, -0.2) is 4.39 Å². The summed E-state index contributed by atoms with van der Waals surface area (Å²) in [4.78, 5) is 7.22. The number of nitrogen functional groups attached to an aromatic ring is 1. The van der Waals surface area contributed by atoms with E-state index >= 15 is 0 Å². The first-order valence-electron chi connectivity index (χ1n) is 9.44. The van der Waals surface area contributed by atoms with Crippen molar-refractivity contribution >= 4 is 16.6 Å². The molecule has 0 atom stereocenters. The molecular formula is C22H19FN4O. The molecule has 5 rings (SSSR count). The second kappa shape index (κ2) is 6.18. The number of hydrogen-bond acceptors (Lipinski definition) is 5. The Labute approximate surface area is 161 Å². The van der Waals surface area contributed by atoms with Crippen LogP contribution in [-0.4, -0.2) is 21.0 Å². The molecule has 5 nitrogen and oxygen atoms in total. The highest BCUT2D eigenvalue weighted by atomic mass is 19.1. The van der Waals surface area contributed by atoms with Gasteiger partial charge in [-0.15, -0.1) is 0 Å². The van der Waals surface area contributed by atoms with Crippen LogP contribution in [-0.2, 0) is 13.1 Å². The maximum atomic E-state index is 13.9. The van der Waals surface area contributed by atoms with Crippen molar-refractivity contribution in [3.8, 4) is 22.9 Å². The van der Waals surface area contributed by atoms with Crippen LogP contribution in [0.1, 0.15) is 36.1 Å². The van der Waals surface area contributed by atoms with Crippen LogP contribution >= 0.6 is 0 Å². The van der Waals surface area contributed by atoms with Gasteiger partial charge in [0.1, 0.15) is 11.6 Å². The number of aromatic nitrogens is 1. The van der Waals surface area contributed by atoms with Gasteiger partial charge in [0.25, 0.3) is 0 Å². The highest BCUT2D eigenvalue weighted by Gasteiger charge is 2.33. The summed E-state index contributed by atoms with van der Waals surface area (Å²) < 4.78 is 13.9. The zero-order valence-electron chi connectivity index (χ0n) is 15.2. The van der Waals surface area contributed by atoms with Crippen molar-refractivity contribution in [1.29, 1.82) is 5.26 Å². The number of hydrogen-bond donors (Lipinski definition) is 2. The van der Waals surface area contributed by atoms with Crippen LogP contribution < -0.4 is 5.73 Å². The SMILES string of the molecule is N#Cc1ccc(F)cc1-c1ccc(O)c2c(N)c3c(nc12)CN(C1CCC1)C3. The molecule has 28 heavy (non-hydrogen) atoms. The summed E-state index contributed by atoms with van der Waals surface area (Å²) in [5.74, 6) is -0.385. The fourth-order valence-electron chi connectivity index (χ4n) is 4.29. The fraction of sp³-hybridized carbons (Fsp3) is 0.273. The maximum Gasteiger partial charge on any atom is 0.127 e. The Morgan fingerprint density at radius 2 is 2.00 bits per heavy atom. The van der Waals surface area contributed by atoms with Gasteiger partial charge in [0.05, 0.1) is 33.9 Å². The van der Waals surface area contributed by atoms with Gasteiger partial charge in [-0.1, -0.05) is 6.42 Å². The zero-order chi connectivity index (χ0) is 19.4. The average Bonchev–Trinajstić information content (AvgIpc) is 3.04. The summed E-state index contributed by atoms with van der Waals surface area (Å²) >= 11 is 0. The number of rotatable bonds is 2. The molecule has 1 aliphatic heterocycles. The van der Waals surface area contributed by atoms with Gasteiger partial charge in [0, 0.05) is 35.8 Å². The number of nitrogens with zero attached hydrogens (tertiary/aromatic N) is 3. The third-order valence-electron chi connectivity index (χ3n) is 6.04. The third-order valence-corrected chi connectivity index (χ3v) is 6.04. The van der Waals surface area contributed by atoms with Crippen molar-refractivity contribution < 1.29 is 9.50 Å². The number of benzene rings is 2. The topological polar surface area (TPSA) is 86.2 Å². The van der Waals surface area contributed by atoms with Crippen molar-refractivity contribution in [1.82, 2.24) is 9.88 Å². The van der Waals surface area contributed by atoms with Crippen LogP contribution in [0.3, 0.4) is 0 Å². The van der Waals surface area contributed by atoms with Gasteiger partial charge in [-0.3, -0.25) is 9.88 Å². The minimum Gasteiger partial charge on any atom is -0.507 e. The van der Waals surface area contributed by atoms with E-state index in [0.29, 0.717) is 39.3 Å². The molecule has 2 aliphatic rings. The monoisotopic (exact) mass is 374 g/mol. The molecule has 3 aromatic rings. The predicted molar refractivity (Wildman–Crippen MR) is 105 cm³/mol. The molecule has 1 fully saturated rings. The lowest BCUT2D eigenvalue weighted by Gasteiger charge is -2.34. The number of aromatic hydroxyl groups is 1. The molecule has 0 spiro atoms. The van der Waals surface area contributed by atoms with E-state index in [0.717, 1.165) is 24.3 Å². The molecule has 1 saturated carbocycles. The van der Waals surface area contributed by atoms with Gasteiger partial charge < -0.3 is 10.8 Å². The Hall–Kier alpha value is -3.17. The lowest BCUT2D eigenvalue weighted by atomic mass is 9.92. The summed E-state index contributed by atoms with van der Waals surface area (Å²) in [5.41, 5.74) is 10.8. The minimum atomic E-state index is -0.430. The second-order valence-electron chi connectivity index (χ2n) is 7.60. The van der Waals surface area contributed by atoms with Crippen LogP contribution in [0.5, 0.6) is 5.75 Å². The molecule has 0 amide bonds. The lowest BCUT2D eigenvalue weighted by molar-refractivity contribution is 0.126. The van der Waals surface area contributed by atoms with Crippen molar-refractivity contribution in [3.05, 3.63) is 53.0 Å². The Bertz CT molecular complexity index is 1160. The smallest absolute Gasteiger partial charge is 0.127 e. The molecule has 0 bridgehead atoms. The first-order chi connectivity index (χ1) is 13.6. The molecule has 2 aromatic carbocycles. The van der Waals surface area contributed by atoms with E-state index in [4.69, 9.17) is 10.7 Å². The van der Waals surface area contributed by atoms with Crippen LogP contribution in [0.25, 0.3) is 22.0 Å². The van der Waals surface area contributed by atoms with E-state index in [2.05, 4.69) is 11.0 Å². The van der Waals surface area contributed by atoms with E-state index in [1.165, 1.54) is 43.5 Å². The maximum absolute atomic E-state index is 13.9. The highest BCUT2D eigenvalue weighted by Crippen LogP contribution is 2.42. The molecule has 1 aromatic heterocycles. The molecule has 0 saturated heterocycles. The van der Waals surface area contributed by atoms with Crippen molar-refractivity contribution in [2.45, 2.75) is 38.4 Å². The summed E-state index contributed by atoms with van der Waals surface area (Å²) in [6.07, 6.45) is 3.64. The van der Waals surface area contributed by atoms with Crippen LogP contribution in [0.15, 0.2) is 30.3 Å². The molecule has 3 N–H and O–H groups in total. The van der Waals surface area contributed by atoms with E-state index in [9.17, 15) is 14.8 Å². The lowest BCUT2D eigenvalue weighted by Crippen LogP contribution is -2.36. The molecule has 0 radical (unpaired) electrons. The number of pyridine rings is 1. The summed E-state index contributed by atoms with van der Waals surface area (Å²) in [5, 5.41) is 20.4. The van der Waals surface area contributed by atoms with Gasteiger partial charge in [0.2, 0.25) is 0 Å². The second-order valence-corrected chi connectivity index (χ2v) is 7.60. The average molecular weight is 374 g/mol. The molecule has 6 heteroatoms. The van der Waals surface area contributed by atoms with E-state index < -0.39 is 5.82 Å². The molecular weight excluding hydrogens is 355 g/mol. The van der Waals surface area contributed by atoms with E-state index in [-0.39, 0.29) is 5.75 Å². The number of nitrogens with two attached hydrogens (primary N) is 1. The van der Waals surface area contributed by atoms with Gasteiger partial charge in [-0.05, 0) is 43.2 Å². The quantitative estimate of drug-likeness (QED) is 0.706. The number of phenolic OH excluding ortho intramolecular Hbond substituents is 1. The molecule has 1 aliphatic carbocycles. The number of anilines is 1. The first kappa shape index (κ1) is 17.0. The standard InChI is InChI=1S/C22H19FN4O/c23-13-5-4-12(9-24)16(8-13)15-6-7-19(28)20-21(25)17-10-27(14-2-1-3-14)11-18(17)26-22(15)20/h4-8,14,28H,1-3,10-11H2,(H2,25,26). The summed E-state index contributed by atoms with van der Waals surface area (Å²) in [6, 6.07) is 9.93. The van der Waals surface area contributed by atoms with Crippen molar-refractivity contribution in [2.24, 2.45) is 0 Å². The van der Waals surface area contributed by atoms with Gasteiger partial charge in [-0.2, -0.15) is 5.26 Å². The third kappa shape index (κ3) is 2.44. The Morgan fingerprint density at radius 3 is 2.71 bits per heavy atom. The number of halogens is 1. The normalized spacial score (nSPS) is 16.7. The minimum absolute atomic E-state index is 0.0450. The summed E-state index contributed by atoms with van der Waals surface area (Å²) in [7, 11) is 0. The van der Waals surface area contributed by atoms with Crippen molar-refractivity contribution in [2.75, 3.05) is 5.73 Å².